The number of hydrogen-bond donors (Lipinski definition) is 0. The molecule has 0 aromatic heterocycles. The first-order chi connectivity index (χ1) is 15.4. The number of carbonyl (C=O) groups excluding carboxylic acids is 2. The van der Waals surface area contributed by atoms with Gasteiger partial charge in [0.1, 0.15) is 28.4 Å². The largest absolute Gasteiger partial charge is 0.573 e. The molecule has 2 aromatic rings. The molecule has 0 aliphatic heterocycles. The van der Waals surface area contributed by atoms with Crippen molar-refractivity contribution < 1.29 is 41.7 Å². The van der Waals surface area contributed by atoms with Crippen LogP contribution >= 0.6 is 0 Å². The van der Waals surface area contributed by atoms with Gasteiger partial charge in [0, 0.05) is 6.08 Å². The predicted octanol–water partition coefficient (Wildman–Crippen LogP) is 6.55. The lowest BCUT2D eigenvalue weighted by molar-refractivity contribution is -0.274. The van der Waals surface area contributed by atoms with Crippen molar-refractivity contribution in [2.75, 3.05) is 7.11 Å². The number of carbonyl (C=O) groups is 2. The summed E-state index contributed by atoms with van der Waals surface area (Å²) in [6.45, 7) is 9.16. The molecule has 0 spiro atoms. The standard InChI is InChI=1S/C22H21F3O6.C2H6/c1-21(2,3)31-18(26)13-8-14-6-5-7-17(19(14)20(27)28-4)29-15-9-11-16(12-10-15)30-22(23,24)25;1-2/h5-13H,1-4H3;1-2H3/b13-8+;. The number of esters is 2. The minimum absolute atomic E-state index is 0.0282. The smallest absolute Gasteiger partial charge is 0.465 e. The fraction of sp³-hybridized carbons (Fsp3) is 0.333. The summed E-state index contributed by atoms with van der Waals surface area (Å²) in [5.41, 5.74) is -0.327. The molecule has 0 bridgehead atoms. The Morgan fingerprint density at radius 1 is 0.909 bits per heavy atom. The van der Waals surface area contributed by atoms with Crippen molar-refractivity contribution >= 4 is 18.0 Å². The molecule has 0 amide bonds. The normalized spacial score (nSPS) is 11.3. The van der Waals surface area contributed by atoms with Crippen LogP contribution in [0.5, 0.6) is 17.2 Å². The van der Waals surface area contributed by atoms with Gasteiger partial charge < -0.3 is 18.9 Å². The van der Waals surface area contributed by atoms with Gasteiger partial charge in [0.05, 0.1) is 7.11 Å². The van der Waals surface area contributed by atoms with E-state index in [9.17, 15) is 22.8 Å². The topological polar surface area (TPSA) is 71.1 Å². The zero-order valence-corrected chi connectivity index (χ0v) is 19.3. The van der Waals surface area contributed by atoms with E-state index >= 15 is 0 Å². The number of benzene rings is 2. The van der Waals surface area contributed by atoms with Crippen molar-refractivity contribution in [1.82, 2.24) is 0 Å². The molecule has 0 aliphatic rings. The fourth-order valence-electron chi connectivity index (χ4n) is 2.42. The number of hydrogen-bond acceptors (Lipinski definition) is 6. The summed E-state index contributed by atoms with van der Waals surface area (Å²) >= 11 is 0. The summed E-state index contributed by atoms with van der Waals surface area (Å²) in [5.74, 6) is -1.50. The molecule has 0 saturated carbocycles. The first-order valence-corrected chi connectivity index (χ1v) is 10.0. The zero-order chi connectivity index (χ0) is 25.2. The number of ether oxygens (including phenoxy) is 4. The minimum Gasteiger partial charge on any atom is -0.465 e. The maximum absolute atomic E-state index is 12.3. The number of alkyl halides is 3. The highest BCUT2D eigenvalue weighted by molar-refractivity contribution is 5.98. The number of rotatable bonds is 6. The average Bonchev–Trinajstić information content (AvgIpc) is 2.72. The monoisotopic (exact) mass is 468 g/mol. The summed E-state index contributed by atoms with van der Waals surface area (Å²) in [4.78, 5) is 24.3. The summed E-state index contributed by atoms with van der Waals surface area (Å²) in [7, 11) is 1.18. The minimum atomic E-state index is -4.81. The van der Waals surface area contributed by atoms with Crippen LogP contribution in [0.25, 0.3) is 6.08 Å². The Morgan fingerprint density at radius 3 is 2.00 bits per heavy atom. The van der Waals surface area contributed by atoms with Crippen molar-refractivity contribution in [1.29, 1.82) is 0 Å². The van der Waals surface area contributed by atoms with E-state index in [2.05, 4.69) is 4.74 Å². The molecular weight excluding hydrogens is 441 g/mol. The molecule has 33 heavy (non-hydrogen) atoms. The van der Waals surface area contributed by atoms with Gasteiger partial charge in [0.15, 0.2) is 0 Å². The van der Waals surface area contributed by atoms with E-state index in [0.717, 1.165) is 12.1 Å². The SMILES string of the molecule is CC.COC(=O)c1c(/C=C/C(=O)OC(C)(C)C)cccc1Oc1ccc(OC(F)(F)F)cc1. The van der Waals surface area contributed by atoms with Crippen LogP contribution in [-0.2, 0) is 14.3 Å². The quantitative estimate of drug-likeness (QED) is 0.354. The lowest BCUT2D eigenvalue weighted by Gasteiger charge is -2.18. The van der Waals surface area contributed by atoms with Crippen LogP contribution in [0.3, 0.4) is 0 Å². The van der Waals surface area contributed by atoms with Crippen molar-refractivity contribution in [3.63, 3.8) is 0 Å². The van der Waals surface area contributed by atoms with Crippen LogP contribution in [0.15, 0.2) is 48.5 Å². The second-order valence-corrected chi connectivity index (χ2v) is 7.20. The van der Waals surface area contributed by atoms with Crippen molar-refractivity contribution in [3.05, 3.63) is 59.7 Å². The van der Waals surface area contributed by atoms with Gasteiger partial charge in [-0.25, -0.2) is 9.59 Å². The molecule has 0 unspecified atom stereocenters. The lowest BCUT2D eigenvalue weighted by atomic mass is 10.1. The lowest BCUT2D eigenvalue weighted by Crippen LogP contribution is -2.22. The maximum Gasteiger partial charge on any atom is 0.573 e. The van der Waals surface area contributed by atoms with Gasteiger partial charge in [-0.3, -0.25) is 0 Å². The van der Waals surface area contributed by atoms with E-state index in [-0.39, 0.29) is 17.1 Å². The average molecular weight is 468 g/mol. The van der Waals surface area contributed by atoms with E-state index in [1.165, 1.54) is 37.5 Å². The Hall–Kier alpha value is -3.49. The highest BCUT2D eigenvalue weighted by Crippen LogP contribution is 2.31. The fourth-order valence-corrected chi connectivity index (χ4v) is 2.42. The van der Waals surface area contributed by atoms with Crippen molar-refractivity contribution in [2.45, 2.75) is 46.6 Å². The third-order valence-electron chi connectivity index (χ3n) is 3.54. The molecule has 0 aliphatic carbocycles. The molecule has 6 nitrogen and oxygen atoms in total. The van der Waals surface area contributed by atoms with E-state index < -0.39 is 29.7 Å². The zero-order valence-electron chi connectivity index (χ0n) is 19.3. The van der Waals surface area contributed by atoms with Crippen LogP contribution < -0.4 is 9.47 Å². The highest BCUT2D eigenvalue weighted by atomic mass is 19.4. The molecule has 180 valence electrons. The van der Waals surface area contributed by atoms with Gasteiger partial charge in [0.25, 0.3) is 0 Å². The molecule has 2 rings (SSSR count). The van der Waals surface area contributed by atoms with E-state index in [4.69, 9.17) is 14.2 Å². The van der Waals surface area contributed by atoms with Gasteiger partial charge >= 0.3 is 18.3 Å². The Labute approximate surface area is 190 Å². The van der Waals surface area contributed by atoms with Crippen LogP contribution in [0.1, 0.15) is 50.5 Å². The molecule has 0 fully saturated rings. The van der Waals surface area contributed by atoms with E-state index in [0.29, 0.717) is 5.56 Å². The summed E-state index contributed by atoms with van der Waals surface area (Å²) < 4.78 is 56.3. The summed E-state index contributed by atoms with van der Waals surface area (Å²) in [6.07, 6.45) is -2.26. The molecule has 0 atom stereocenters. The molecule has 0 saturated heterocycles. The van der Waals surface area contributed by atoms with Gasteiger partial charge in [-0.1, -0.05) is 26.0 Å². The van der Waals surface area contributed by atoms with Gasteiger partial charge in [-0.05, 0) is 62.7 Å². The van der Waals surface area contributed by atoms with Gasteiger partial charge in [-0.2, -0.15) is 0 Å². The van der Waals surface area contributed by atoms with Gasteiger partial charge in [0.2, 0.25) is 0 Å². The molecule has 0 N–H and O–H groups in total. The molecular formula is C24H27F3O6. The molecule has 2 aromatic carbocycles. The Bertz CT molecular complexity index is 958. The van der Waals surface area contributed by atoms with E-state index in [1.54, 1.807) is 32.9 Å². The molecule has 0 radical (unpaired) electrons. The Morgan fingerprint density at radius 2 is 1.48 bits per heavy atom. The number of halogens is 3. The van der Waals surface area contributed by atoms with Crippen LogP contribution in [0, 0.1) is 0 Å². The van der Waals surface area contributed by atoms with Crippen LogP contribution in [0.2, 0.25) is 0 Å². The van der Waals surface area contributed by atoms with Crippen molar-refractivity contribution in [2.24, 2.45) is 0 Å². The third kappa shape index (κ3) is 9.67. The Kier molecular flexibility index (Phi) is 9.97. The molecule has 0 heterocycles. The van der Waals surface area contributed by atoms with Crippen LogP contribution in [0.4, 0.5) is 13.2 Å². The Balaban J connectivity index is 0.00000265. The summed E-state index contributed by atoms with van der Waals surface area (Å²) in [6, 6.07) is 9.30. The predicted molar refractivity (Wildman–Crippen MR) is 117 cm³/mol. The number of methoxy groups -OCH3 is 1. The summed E-state index contributed by atoms with van der Waals surface area (Å²) in [5, 5.41) is 0. The van der Waals surface area contributed by atoms with Crippen molar-refractivity contribution in [3.8, 4) is 17.2 Å². The highest BCUT2D eigenvalue weighted by Gasteiger charge is 2.31. The van der Waals surface area contributed by atoms with E-state index in [1.807, 2.05) is 13.8 Å². The first-order valence-electron chi connectivity index (χ1n) is 10.0. The first kappa shape index (κ1) is 27.5. The molecule has 9 heteroatoms. The van der Waals surface area contributed by atoms with Crippen LogP contribution in [-0.4, -0.2) is 31.0 Å². The second kappa shape index (κ2) is 11.9. The third-order valence-corrected chi connectivity index (χ3v) is 3.54. The van der Waals surface area contributed by atoms with Gasteiger partial charge in [-0.15, -0.1) is 13.2 Å². The second-order valence-electron chi connectivity index (χ2n) is 7.20. The maximum atomic E-state index is 12.3.